The number of hydrogen-bond acceptors (Lipinski definition) is 4. The van der Waals surface area contributed by atoms with E-state index in [4.69, 9.17) is 4.74 Å². The minimum absolute atomic E-state index is 0.119. The lowest BCUT2D eigenvalue weighted by Crippen LogP contribution is -2.35. The summed E-state index contributed by atoms with van der Waals surface area (Å²) in [4.78, 5) is 11.8. The van der Waals surface area contributed by atoms with E-state index in [1.54, 1.807) is 19.2 Å². The quantitative estimate of drug-likeness (QED) is 0.693. The third-order valence-corrected chi connectivity index (χ3v) is 4.35. The van der Waals surface area contributed by atoms with Crippen LogP contribution in [0, 0.1) is 6.92 Å². The number of aryl methyl sites for hydroxylation is 1. The van der Waals surface area contributed by atoms with Crippen molar-refractivity contribution in [3.8, 4) is 0 Å². The zero-order chi connectivity index (χ0) is 16.6. The maximum Gasteiger partial charge on any atom is 0.232 e. The van der Waals surface area contributed by atoms with Crippen molar-refractivity contribution in [2.75, 3.05) is 37.4 Å². The Morgan fingerprint density at radius 3 is 2.59 bits per heavy atom. The van der Waals surface area contributed by atoms with Crippen molar-refractivity contribution in [2.45, 2.75) is 19.8 Å². The third kappa shape index (κ3) is 6.03. The maximum atomic E-state index is 12.0. The molecule has 1 rings (SSSR count). The van der Waals surface area contributed by atoms with E-state index >= 15 is 0 Å². The number of sulfonamides is 1. The van der Waals surface area contributed by atoms with Crippen LogP contribution < -0.4 is 9.62 Å². The average molecular weight is 328 g/mol. The van der Waals surface area contributed by atoms with Crippen molar-refractivity contribution in [1.29, 1.82) is 0 Å². The van der Waals surface area contributed by atoms with Crippen molar-refractivity contribution in [3.63, 3.8) is 0 Å². The first-order valence-electron chi connectivity index (χ1n) is 7.15. The van der Waals surface area contributed by atoms with E-state index in [0.717, 1.165) is 18.2 Å². The van der Waals surface area contributed by atoms with Crippen LogP contribution in [0.25, 0.3) is 0 Å². The molecule has 1 aromatic carbocycles. The SMILES string of the molecule is COCCCNC(=O)CCN(c1ccccc1C)S(C)(=O)=O. The van der Waals surface area contributed by atoms with Gasteiger partial charge in [-0.2, -0.15) is 0 Å². The summed E-state index contributed by atoms with van der Waals surface area (Å²) >= 11 is 0. The summed E-state index contributed by atoms with van der Waals surface area (Å²) in [5, 5.41) is 2.75. The highest BCUT2D eigenvalue weighted by Gasteiger charge is 2.19. The van der Waals surface area contributed by atoms with Crippen LogP contribution in [0.1, 0.15) is 18.4 Å². The van der Waals surface area contributed by atoms with Crippen LogP contribution in [-0.4, -0.2) is 47.4 Å². The fraction of sp³-hybridized carbons (Fsp3) is 0.533. The topological polar surface area (TPSA) is 75.7 Å². The van der Waals surface area contributed by atoms with Gasteiger partial charge in [0.2, 0.25) is 15.9 Å². The largest absolute Gasteiger partial charge is 0.385 e. The number of carbonyl (C=O) groups is 1. The summed E-state index contributed by atoms with van der Waals surface area (Å²) in [5.41, 5.74) is 1.46. The molecular weight excluding hydrogens is 304 g/mol. The number of methoxy groups -OCH3 is 1. The number of para-hydroxylation sites is 1. The predicted molar refractivity (Wildman–Crippen MR) is 87.5 cm³/mol. The van der Waals surface area contributed by atoms with Crippen LogP contribution in [0.3, 0.4) is 0 Å². The molecule has 0 aliphatic heterocycles. The molecule has 0 aliphatic rings. The number of nitrogens with zero attached hydrogens (tertiary/aromatic N) is 1. The van der Waals surface area contributed by atoms with E-state index in [9.17, 15) is 13.2 Å². The molecule has 1 amide bonds. The summed E-state index contributed by atoms with van der Waals surface area (Å²) < 4.78 is 30.1. The number of ether oxygens (including phenoxy) is 1. The van der Waals surface area contributed by atoms with Gasteiger partial charge in [0.05, 0.1) is 11.9 Å². The summed E-state index contributed by atoms with van der Waals surface area (Å²) in [6.07, 6.45) is 2.00. The molecule has 0 spiro atoms. The first-order valence-corrected chi connectivity index (χ1v) is 9.00. The Bertz CT molecular complexity index is 587. The molecule has 0 saturated carbocycles. The maximum absolute atomic E-state index is 12.0. The molecular formula is C15H24N2O4S. The third-order valence-electron chi connectivity index (χ3n) is 3.17. The highest BCUT2D eigenvalue weighted by atomic mass is 32.2. The lowest BCUT2D eigenvalue weighted by Gasteiger charge is -2.23. The van der Waals surface area contributed by atoms with E-state index in [0.29, 0.717) is 18.8 Å². The van der Waals surface area contributed by atoms with E-state index < -0.39 is 10.0 Å². The van der Waals surface area contributed by atoms with Gasteiger partial charge in [0, 0.05) is 33.2 Å². The molecule has 0 saturated heterocycles. The molecule has 124 valence electrons. The van der Waals surface area contributed by atoms with Crippen LogP contribution in [0.4, 0.5) is 5.69 Å². The summed E-state index contributed by atoms with van der Waals surface area (Å²) in [6.45, 7) is 3.08. The number of anilines is 1. The minimum Gasteiger partial charge on any atom is -0.385 e. The van der Waals surface area contributed by atoms with Crippen molar-refractivity contribution in [3.05, 3.63) is 29.8 Å². The molecule has 0 bridgehead atoms. The van der Waals surface area contributed by atoms with Crippen LogP contribution in [0.2, 0.25) is 0 Å². The second-order valence-corrected chi connectivity index (χ2v) is 6.97. The Kier molecular flexibility index (Phi) is 7.34. The highest BCUT2D eigenvalue weighted by Crippen LogP contribution is 2.22. The Labute approximate surface area is 132 Å². The predicted octanol–water partition coefficient (Wildman–Crippen LogP) is 1.30. The van der Waals surface area contributed by atoms with E-state index in [1.165, 1.54) is 4.31 Å². The van der Waals surface area contributed by atoms with E-state index in [-0.39, 0.29) is 18.9 Å². The van der Waals surface area contributed by atoms with Crippen molar-refractivity contribution >= 4 is 21.6 Å². The van der Waals surface area contributed by atoms with Gasteiger partial charge in [-0.1, -0.05) is 18.2 Å². The van der Waals surface area contributed by atoms with Gasteiger partial charge in [0.1, 0.15) is 0 Å². The zero-order valence-electron chi connectivity index (χ0n) is 13.3. The van der Waals surface area contributed by atoms with Gasteiger partial charge in [0.25, 0.3) is 0 Å². The van der Waals surface area contributed by atoms with Gasteiger partial charge in [-0.25, -0.2) is 8.42 Å². The van der Waals surface area contributed by atoms with E-state index in [2.05, 4.69) is 5.32 Å². The van der Waals surface area contributed by atoms with Gasteiger partial charge >= 0.3 is 0 Å². The van der Waals surface area contributed by atoms with Crippen molar-refractivity contribution in [1.82, 2.24) is 5.32 Å². The molecule has 7 heteroatoms. The molecule has 0 fully saturated rings. The molecule has 22 heavy (non-hydrogen) atoms. The van der Waals surface area contributed by atoms with Gasteiger partial charge in [0.15, 0.2) is 0 Å². The fourth-order valence-corrected chi connectivity index (χ4v) is 3.03. The second-order valence-electron chi connectivity index (χ2n) is 5.07. The van der Waals surface area contributed by atoms with Crippen LogP contribution >= 0.6 is 0 Å². The monoisotopic (exact) mass is 328 g/mol. The molecule has 1 N–H and O–H groups in total. The minimum atomic E-state index is -3.43. The van der Waals surface area contributed by atoms with Gasteiger partial charge in [-0.3, -0.25) is 9.10 Å². The normalized spacial score (nSPS) is 11.2. The van der Waals surface area contributed by atoms with Crippen LogP contribution in [0.15, 0.2) is 24.3 Å². The molecule has 0 aliphatic carbocycles. The molecule has 1 aromatic rings. The highest BCUT2D eigenvalue weighted by molar-refractivity contribution is 7.92. The summed E-state index contributed by atoms with van der Waals surface area (Å²) in [7, 11) is -1.83. The molecule has 0 atom stereocenters. The molecule has 0 aromatic heterocycles. The van der Waals surface area contributed by atoms with Crippen LogP contribution in [-0.2, 0) is 19.6 Å². The van der Waals surface area contributed by atoms with Crippen molar-refractivity contribution in [2.24, 2.45) is 0 Å². The Balaban J connectivity index is 2.65. The summed E-state index contributed by atoms with van der Waals surface area (Å²) in [5.74, 6) is -0.168. The number of nitrogens with one attached hydrogen (secondary N) is 1. The van der Waals surface area contributed by atoms with Crippen LogP contribution in [0.5, 0.6) is 0 Å². The number of carbonyl (C=O) groups excluding carboxylic acids is 1. The fourth-order valence-electron chi connectivity index (χ4n) is 2.04. The average Bonchev–Trinajstić information content (AvgIpc) is 2.44. The van der Waals surface area contributed by atoms with Crippen molar-refractivity contribution < 1.29 is 17.9 Å². The van der Waals surface area contributed by atoms with Gasteiger partial charge in [-0.05, 0) is 25.0 Å². The Hall–Kier alpha value is -1.60. The second kappa shape index (κ2) is 8.75. The zero-order valence-corrected chi connectivity index (χ0v) is 14.1. The first-order chi connectivity index (χ1) is 10.4. The van der Waals surface area contributed by atoms with Gasteiger partial charge < -0.3 is 10.1 Å². The first kappa shape index (κ1) is 18.4. The lowest BCUT2D eigenvalue weighted by atomic mass is 10.2. The molecule has 0 radical (unpaired) electrons. The number of amides is 1. The van der Waals surface area contributed by atoms with E-state index in [1.807, 2.05) is 19.1 Å². The van der Waals surface area contributed by atoms with Gasteiger partial charge in [-0.15, -0.1) is 0 Å². The lowest BCUT2D eigenvalue weighted by molar-refractivity contribution is -0.120. The molecule has 0 unspecified atom stereocenters. The number of benzene rings is 1. The Morgan fingerprint density at radius 2 is 2.00 bits per heavy atom. The summed E-state index contributed by atoms with van der Waals surface area (Å²) in [6, 6.07) is 7.22. The molecule has 0 heterocycles. The number of hydrogen-bond donors (Lipinski definition) is 1. The molecule has 6 nitrogen and oxygen atoms in total. The Morgan fingerprint density at radius 1 is 1.32 bits per heavy atom. The standard InChI is InChI=1S/C15H24N2O4S/c1-13-7-4-5-8-14(13)17(22(3,19)20)11-9-15(18)16-10-6-12-21-2/h4-5,7-8H,6,9-12H2,1-3H3,(H,16,18). The smallest absolute Gasteiger partial charge is 0.232 e. The number of rotatable bonds is 9.